The van der Waals surface area contributed by atoms with Gasteiger partial charge in [0.2, 0.25) is 11.5 Å². The van der Waals surface area contributed by atoms with E-state index in [-0.39, 0.29) is 23.9 Å². The summed E-state index contributed by atoms with van der Waals surface area (Å²) in [5.74, 6) is -0.779. The number of pyridine rings is 1. The number of amides is 2. The summed E-state index contributed by atoms with van der Waals surface area (Å²) in [4.78, 5) is 41.6. The molecule has 8 heteroatoms. The number of rotatable bonds is 4. The van der Waals surface area contributed by atoms with Crippen molar-refractivity contribution < 1.29 is 14.0 Å². The maximum atomic E-state index is 13.1. The highest BCUT2D eigenvalue weighted by Gasteiger charge is 2.23. The number of aromatic amines is 1. The molecule has 2 heterocycles. The van der Waals surface area contributed by atoms with Crippen LogP contribution in [0.3, 0.4) is 0 Å². The smallest absolute Gasteiger partial charge is 0.255 e. The standard InChI is InChI=1S/C18H19FN4O3/c19-14-2-1-3-15(10-14)21-17(25)12-22-6-8-23(9-7-22)18(26)13-4-5-16(24)20-11-13/h1-5,10-11H,6-9,12H2,(H,20,24)(H,21,25). The predicted molar refractivity (Wildman–Crippen MR) is 94.4 cm³/mol. The van der Waals surface area contributed by atoms with Crippen molar-refractivity contribution in [3.63, 3.8) is 0 Å². The number of piperazine rings is 1. The Morgan fingerprint density at radius 3 is 2.54 bits per heavy atom. The molecule has 0 bridgehead atoms. The van der Waals surface area contributed by atoms with E-state index in [4.69, 9.17) is 0 Å². The molecule has 2 aromatic rings. The number of hydrogen-bond donors (Lipinski definition) is 2. The number of halogens is 1. The Bertz CT molecular complexity index is 839. The van der Waals surface area contributed by atoms with Crippen molar-refractivity contribution in [2.45, 2.75) is 0 Å². The summed E-state index contributed by atoms with van der Waals surface area (Å²) in [5.41, 5.74) is 0.597. The average Bonchev–Trinajstić information content (AvgIpc) is 2.62. The monoisotopic (exact) mass is 358 g/mol. The first-order valence-electron chi connectivity index (χ1n) is 8.27. The largest absolute Gasteiger partial charge is 0.336 e. The molecule has 3 rings (SSSR count). The number of nitrogens with zero attached hydrogens (tertiary/aromatic N) is 2. The summed E-state index contributed by atoms with van der Waals surface area (Å²) in [5, 5.41) is 2.66. The Balaban J connectivity index is 1.49. The molecule has 0 aliphatic carbocycles. The Morgan fingerprint density at radius 2 is 1.88 bits per heavy atom. The van der Waals surface area contributed by atoms with Crippen molar-refractivity contribution in [3.8, 4) is 0 Å². The van der Waals surface area contributed by atoms with Crippen molar-refractivity contribution in [2.75, 3.05) is 38.0 Å². The van der Waals surface area contributed by atoms with Gasteiger partial charge >= 0.3 is 0 Å². The minimum atomic E-state index is -0.405. The maximum absolute atomic E-state index is 13.1. The van der Waals surface area contributed by atoms with Gasteiger partial charge < -0.3 is 15.2 Å². The first-order valence-corrected chi connectivity index (χ1v) is 8.27. The van der Waals surface area contributed by atoms with Gasteiger partial charge in [-0.1, -0.05) is 6.07 Å². The molecule has 0 spiro atoms. The lowest BCUT2D eigenvalue weighted by atomic mass is 10.2. The van der Waals surface area contributed by atoms with Crippen LogP contribution in [0.25, 0.3) is 0 Å². The lowest BCUT2D eigenvalue weighted by Gasteiger charge is -2.34. The Labute approximate surface area is 149 Å². The molecule has 0 atom stereocenters. The highest BCUT2D eigenvalue weighted by molar-refractivity contribution is 5.94. The minimum absolute atomic E-state index is 0.148. The number of aromatic nitrogens is 1. The fourth-order valence-corrected chi connectivity index (χ4v) is 2.81. The summed E-state index contributed by atoms with van der Waals surface area (Å²) in [6.45, 7) is 2.28. The van der Waals surface area contributed by atoms with Crippen LogP contribution in [0.4, 0.5) is 10.1 Å². The molecule has 136 valence electrons. The van der Waals surface area contributed by atoms with Gasteiger partial charge in [-0.05, 0) is 24.3 Å². The number of nitrogens with one attached hydrogen (secondary N) is 2. The fourth-order valence-electron chi connectivity index (χ4n) is 2.81. The van der Waals surface area contributed by atoms with E-state index in [9.17, 15) is 18.8 Å². The van der Waals surface area contributed by atoms with Crippen molar-refractivity contribution in [3.05, 3.63) is 64.3 Å². The summed E-state index contributed by atoms with van der Waals surface area (Å²) in [6, 6.07) is 8.56. The van der Waals surface area contributed by atoms with Gasteiger partial charge in [0.05, 0.1) is 12.1 Å². The van der Waals surface area contributed by atoms with Crippen LogP contribution in [0.5, 0.6) is 0 Å². The zero-order valence-electron chi connectivity index (χ0n) is 14.1. The topological polar surface area (TPSA) is 85.5 Å². The van der Waals surface area contributed by atoms with Crippen LogP contribution >= 0.6 is 0 Å². The number of H-pyrrole nitrogens is 1. The van der Waals surface area contributed by atoms with Crippen molar-refractivity contribution in [2.24, 2.45) is 0 Å². The lowest BCUT2D eigenvalue weighted by Crippen LogP contribution is -2.50. The highest BCUT2D eigenvalue weighted by atomic mass is 19.1. The zero-order valence-corrected chi connectivity index (χ0v) is 14.1. The van der Waals surface area contributed by atoms with E-state index in [1.165, 1.54) is 36.5 Å². The lowest BCUT2D eigenvalue weighted by molar-refractivity contribution is -0.117. The molecule has 7 nitrogen and oxygen atoms in total. The van der Waals surface area contributed by atoms with E-state index >= 15 is 0 Å². The summed E-state index contributed by atoms with van der Waals surface area (Å²) < 4.78 is 13.1. The van der Waals surface area contributed by atoms with E-state index in [1.807, 2.05) is 4.90 Å². The summed E-state index contributed by atoms with van der Waals surface area (Å²) in [7, 11) is 0. The van der Waals surface area contributed by atoms with Crippen LogP contribution in [0.15, 0.2) is 47.4 Å². The molecule has 26 heavy (non-hydrogen) atoms. The van der Waals surface area contributed by atoms with E-state index in [2.05, 4.69) is 10.3 Å². The first kappa shape index (κ1) is 17.8. The quantitative estimate of drug-likeness (QED) is 0.851. The second-order valence-corrected chi connectivity index (χ2v) is 6.07. The van der Waals surface area contributed by atoms with E-state index in [1.54, 1.807) is 11.0 Å². The molecule has 1 aromatic carbocycles. The molecular formula is C18H19FN4O3. The summed E-state index contributed by atoms with van der Waals surface area (Å²) in [6.07, 6.45) is 1.41. The van der Waals surface area contributed by atoms with Crippen LogP contribution in [0.2, 0.25) is 0 Å². The Hall–Kier alpha value is -3.00. The van der Waals surface area contributed by atoms with Crippen LogP contribution in [0, 0.1) is 5.82 Å². The number of carbonyl (C=O) groups is 2. The molecule has 1 aliphatic rings. The molecular weight excluding hydrogens is 339 g/mol. The second-order valence-electron chi connectivity index (χ2n) is 6.07. The van der Waals surface area contributed by atoms with Gasteiger partial charge in [-0.2, -0.15) is 0 Å². The average molecular weight is 358 g/mol. The SMILES string of the molecule is O=C(CN1CCN(C(=O)c2ccc(=O)[nH]c2)CC1)Nc1cccc(F)c1. The van der Waals surface area contributed by atoms with Gasteiger partial charge in [-0.25, -0.2) is 4.39 Å². The molecule has 2 N–H and O–H groups in total. The fraction of sp³-hybridized carbons (Fsp3) is 0.278. The molecule has 1 aliphatic heterocycles. The zero-order chi connectivity index (χ0) is 18.5. The molecule has 0 saturated carbocycles. The predicted octanol–water partition coefficient (Wildman–Crippen LogP) is 0.910. The van der Waals surface area contributed by atoms with E-state index < -0.39 is 5.82 Å². The number of benzene rings is 1. The van der Waals surface area contributed by atoms with Gasteiger partial charge in [-0.15, -0.1) is 0 Å². The van der Waals surface area contributed by atoms with Gasteiger partial charge in [0.25, 0.3) is 5.91 Å². The van der Waals surface area contributed by atoms with Crippen LogP contribution in [0.1, 0.15) is 10.4 Å². The first-order chi connectivity index (χ1) is 12.5. The molecule has 1 fully saturated rings. The highest BCUT2D eigenvalue weighted by Crippen LogP contribution is 2.10. The van der Waals surface area contributed by atoms with Gasteiger partial charge in [0.15, 0.2) is 0 Å². The van der Waals surface area contributed by atoms with Gasteiger partial charge in [0.1, 0.15) is 5.82 Å². The Kier molecular flexibility index (Phi) is 5.43. The van der Waals surface area contributed by atoms with E-state index in [0.29, 0.717) is 37.4 Å². The van der Waals surface area contributed by atoms with Gasteiger partial charge in [0, 0.05) is 44.1 Å². The number of anilines is 1. The van der Waals surface area contributed by atoms with Crippen LogP contribution in [-0.4, -0.2) is 59.3 Å². The number of carbonyl (C=O) groups excluding carboxylic acids is 2. The van der Waals surface area contributed by atoms with Crippen LogP contribution < -0.4 is 10.9 Å². The maximum Gasteiger partial charge on any atom is 0.255 e. The molecule has 2 amide bonds. The third-order valence-corrected chi connectivity index (χ3v) is 4.17. The van der Waals surface area contributed by atoms with E-state index in [0.717, 1.165) is 0 Å². The third-order valence-electron chi connectivity index (χ3n) is 4.17. The molecule has 1 aromatic heterocycles. The molecule has 1 saturated heterocycles. The molecule has 0 radical (unpaired) electrons. The molecule has 0 unspecified atom stereocenters. The summed E-state index contributed by atoms with van der Waals surface area (Å²) >= 11 is 0. The minimum Gasteiger partial charge on any atom is -0.336 e. The van der Waals surface area contributed by atoms with Crippen molar-refractivity contribution in [1.29, 1.82) is 0 Å². The van der Waals surface area contributed by atoms with Gasteiger partial charge in [-0.3, -0.25) is 19.3 Å². The van der Waals surface area contributed by atoms with Crippen molar-refractivity contribution >= 4 is 17.5 Å². The third kappa shape index (κ3) is 4.54. The van der Waals surface area contributed by atoms with Crippen LogP contribution in [-0.2, 0) is 4.79 Å². The van der Waals surface area contributed by atoms with Crippen molar-refractivity contribution in [1.82, 2.24) is 14.8 Å². The second kappa shape index (κ2) is 7.92. The normalized spacial score (nSPS) is 14.9. The number of hydrogen-bond acceptors (Lipinski definition) is 4. The Morgan fingerprint density at radius 1 is 1.12 bits per heavy atom.